The Morgan fingerprint density at radius 3 is 1.81 bits per heavy atom. The number of hydrogen-bond acceptors (Lipinski definition) is 11. The molecule has 0 radical (unpaired) electrons. The first-order valence-corrected chi connectivity index (χ1v) is 18.9. The van der Waals surface area contributed by atoms with Crippen LogP contribution in [0, 0.1) is 5.92 Å². The van der Waals surface area contributed by atoms with E-state index in [1.807, 2.05) is 41.3 Å². The molecule has 16 heteroatoms. The third-order valence-electron chi connectivity index (χ3n) is 9.41. The Balaban J connectivity index is 1.52. The number of nitrogens with zero attached hydrogens (tertiary/aromatic N) is 4. The highest BCUT2D eigenvalue weighted by atomic mass is 16.6. The first-order chi connectivity index (χ1) is 26.0. The van der Waals surface area contributed by atoms with E-state index >= 15 is 0 Å². The largest absolute Gasteiger partial charge is 0.480 e. The first-order valence-electron chi connectivity index (χ1n) is 18.9. The fourth-order valence-corrected chi connectivity index (χ4v) is 6.22. The number of benzene rings is 1. The van der Waals surface area contributed by atoms with Crippen LogP contribution >= 0.6 is 0 Å². The van der Waals surface area contributed by atoms with Crippen LogP contribution in [0.25, 0.3) is 0 Å². The summed E-state index contributed by atoms with van der Waals surface area (Å²) in [4.78, 5) is 73.0. The van der Waals surface area contributed by atoms with E-state index in [1.165, 1.54) is 0 Å². The molecule has 2 atom stereocenters. The van der Waals surface area contributed by atoms with Crippen LogP contribution in [0.4, 0.5) is 0 Å². The number of carbonyl (C=O) groups excluding carboxylic acids is 2. The fourth-order valence-electron chi connectivity index (χ4n) is 6.22. The molecule has 1 heterocycles. The summed E-state index contributed by atoms with van der Waals surface area (Å²) in [5.41, 5.74) is 4.72. The average Bonchev–Trinajstić information content (AvgIpc) is 3.13. The lowest BCUT2D eigenvalue weighted by Crippen LogP contribution is -2.49. The molecule has 0 saturated carbocycles. The SMILES string of the molecule is CCCCONC(=O)[C@@H](CCc1ccccc1)NCC1C=CC(CNC(=O)CN2CCN(CC(=O)O)CCN(CC(=O)O)CCN(CC(=O)O)CC2)=CC1. The number of allylic oxidation sites excluding steroid dienone is 1. The van der Waals surface area contributed by atoms with Crippen molar-refractivity contribution in [2.24, 2.45) is 5.92 Å². The zero-order chi connectivity index (χ0) is 39.1. The van der Waals surface area contributed by atoms with Crippen molar-refractivity contribution in [3.8, 4) is 0 Å². The molecule has 16 nitrogen and oxygen atoms in total. The van der Waals surface area contributed by atoms with Gasteiger partial charge in [0.25, 0.3) is 5.91 Å². The second-order valence-electron chi connectivity index (χ2n) is 13.8. The van der Waals surface area contributed by atoms with Crippen molar-refractivity contribution in [3.05, 3.63) is 59.7 Å². The van der Waals surface area contributed by atoms with Gasteiger partial charge < -0.3 is 26.0 Å². The van der Waals surface area contributed by atoms with Gasteiger partial charge in [0, 0.05) is 65.4 Å². The van der Waals surface area contributed by atoms with E-state index in [-0.39, 0.29) is 43.9 Å². The molecule has 1 aliphatic carbocycles. The summed E-state index contributed by atoms with van der Waals surface area (Å²) < 4.78 is 0. The number of hydroxylamine groups is 1. The highest BCUT2D eigenvalue weighted by Crippen LogP contribution is 2.16. The fraction of sp³-hybridized carbons (Fsp3) is 0.605. The Labute approximate surface area is 318 Å². The van der Waals surface area contributed by atoms with Crippen LogP contribution < -0.4 is 16.1 Å². The molecule has 0 aromatic heterocycles. The second-order valence-corrected chi connectivity index (χ2v) is 13.8. The van der Waals surface area contributed by atoms with Crippen LogP contribution in [-0.4, -0.2) is 169 Å². The van der Waals surface area contributed by atoms with Gasteiger partial charge >= 0.3 is 17.9 Å². The highest BCUT2D eigenvalue weighted by molar-refractivity contribution is 5.80. The zero-order valence-corrected chi connectivity index (χ0v) is 31.5. The first kappa shape index (κ1) is 44.2. The maximum Gasteiger partial charge on any atom is 0.317 e. The van der Waals surface area contributed by atoms with Crippen molar-refractivity contribution in [1.29, 1.82) is 0 Å². The lowest BCUT2D eigenvalue weighted by molar-refractivity contribution is -0.140. The molecule has 1 aliphatic heterocycles. The second kappa shape index (κ2) is 25.0. The number of unbranched alkanes of at least 4 members (excludes halogenated alkanes) is 1. The number of nitrogens with one attached hydrogen (secondary N) is 3. The quantitative estimate of drug-likeness (QED) is 0.0748. The average molecular weight is 758 g/mol. The van der Waals surface area contributed by atoms with Gasteiger partial charge in [-0.2, -0.15) is 0 Å². The Hall–Kier alpha value is -4.19. The number of amides is 2. The summed E-state index contributed by atoms with van der Waals surface area (Å²) in [5.74, 6) is -3.26. The summed E-state index contributed by atoms with van der Waals surface area (Å²) in [6, 6.07) is 9.62. The number of rotatable bonds is 21. The van der Waals surface area contributed by atoms with Crippen LogP contribution in [-0.2, 0) is 35.2 Å². The minimum atomic E-state index is -1.02. The van der Waals surface area contributed by atoms with E-state index < -0.39 is 23.9 Å². The summed E-state index contributed by atoms with van der Waals surface area (Å²) in [6.07, 6.45) is 10.1. The summed E-state index contributed by atoms with van der Waals surface area (Å²) in [5, 5.41) is 34.7. The van der Waals surface area contributed by atoms with E-state index in [0.717, 1.165) is 36.8 Å². The van der Waals surface area contributed by atoms with Gasteiger partial charge in [-0.1, -0.05) is 61.9 Å². The van der Waals surface area contributed by atoms with Gasteiger partial charge in [0.1, 0.15) is 0 Å². The molecule has 1 unspecified atom stereocenters. The van der Waals surface area contributed by atoms with Crippen LogP contribution in [0.15, 0.2) is 54.1 Å². The number of carbonyl (C=O) groups is 5. The Morgan fingerprint density at radius 2 is 1.33 bits per heavy atom. The maximum atomic E-state index is 13.1. The standard InChI is InChI=1S/C38H59N7O9/c1-2-3-23-54-41-38(53)33(14-13-30-7-5-4-6-8-30)39-24-31-9-11-32(12-10-31)25-40-34(46)26-42-15-17-43(27-35(47)48)19-21-45(29-37(51)52)22-20-44(18-16-42)28-36(49)50/h4-9,11-12,31,33,39H,2-3,10,13-29H2,1H3,(H,40,46)(H,41,53)(H,47,48)(H,49,50)(H,51,52)/t31?,33-/m1/s1. The molecule has 2 amide bonds. The van der Waals surface area contributed by atoms with Crippen molar-refractivity contribution < 1.29 is 44.1 Å². The maximum absolute atomic E-state index is 13.1. The van der Waals surface area contributed by atoms with Gasteiger partial charge in [-0.05, 0) is 42.7 Å². The predicted octanol–water partition coefficient (Wildman–Crippen LogP) is 0.519. The number of aryl methyl sites for hydroxylation is 1. The summed E-state index contributed by atoms with van der Waals surface area (Å²) in [6.45, 7) is 5.45. The molecular formula is C38H59N7O9. The molecule has 0 spiro atoms. The van der Waals surface area contributed by atoms with Crippen LogP contribution in [0.3, 0.4) is 0 Å². The van der Waals surface area contributed by atoms with Crippen LogP contribution in [0.5, 0.6) is 0 Å². The van der Waals surface area contributed by atoms with E-state index in [4.69, 9.17) is 4.84 Å². The highest BCUT2D eigenvalue weighted by Gasteiger charge is 2.23. The van der Waals surface area contributed by atoms with E-state index in [2.05, 4.69) is 35.2 Å². The van der Waals surface area contributed by atoms with Crippen molar-refractivity contribution in [3.63, 3.8) is 0 Å². The molecule has 2 aliphatic rings. The van der Waals surface area contributed by atoms with Gasteiger partial charge in [-0.3, -0.25) is 48.4 Å². The normalized spacial score (nSPS) is 18.8. The monoisotopic (exact) mass is 757 g/mol. The summed E-state index contributed by atoms with van der Waals surface area (Å²) >= 11 is 0. The molecule has 54 heavy (non-hydrogen) atoms. The molecule has 1 aromatic carbocycles. The van der Waals surface area contributed by atoms with Gasteiger partial charge in [-0.25, -0.2) is 5.48 Å². The lowest BCUT2D eigenvalue weighted by Gasteiger charge is -2.32. The Kier molecular flexibility index (Phi) is 20.5. The van der Waals surface area contributed by atoms with Gasteiger partial charge in [-0.15, -0.1) is 0 Å². The molecular weight excluding hydrogens is 698 g/mol. The zero-order valence-electron chi connectivity index (χ0n) is 31.5. The van der Waals surface area contributed by atoms with Crippen molar-refractivity contribution in [2.45, 2.75) is 45.1 Å². The van der Waals surface area contributed by atoms with Gasteiger partial charge in [0.05, 0.1) is 38.8 Å². The summed E-state index contributed by atoms with van der Waals surface area (Å²) in [7, 11) is 0. The van der Waals surface area contributed by atoms with E-state index in [9.17, 15) is 39.3 Å². The Morgan fingerprint density at radius 1 is 0.796 bits per heavy atom. The van der Waals surface area contributed by atoms with Crippen molar-refractivity contribution in [2.75, 3.05) is 98.2 Å². The van der Waals surface area contributed by atoms with Gasteiger partial charge in [0.2, 0.25) is 5.91 Å². The number of carboxylic acid groups (broad SMARTS) is 3. The minimum absolute atomic E-state index is 0.0467. The molecule has 3 rings (SSSR count). The van der Waals surface area contributed by atoms with Crippen molar-refractivity contribution in [1.82, 2.24) is 35.7 Å². The van der Waals surface area contributed by atoms with Crippen LogP contribution in [0.1, 0.15) is 38.2 Å². The topological polar surface area (TPSA) is 204 Å². The van der Waals surface area contributed by atoms with Crippen molar-refractivity contribution >= 4 is 29.7 Å². The van der Waals surface area contributed by atoms with E-state index in [1.54, 1.807) is 14.7 Å². The smallest absolute Gasteiger partial charge is 0.317 e. The van der Waals surface area contributed by atoms with Crippen LogP contribution in [0.2, 0.25) is 0 Å². The lowest BCUT2D eigenvalue weighted by atomic mass is 9.96. The van der Waals surface area contributed by atoms with Gasteiger partial charge in [0.15, 0.2) is 0 Å². The van der Waals surface area contributed by atoms with E-state index in [0.29, 0.717) is 78.5 Å². The number of hydrogen-bond donors (Lipinski definition) is 6. The Bertz CT molecular complexity index is 1360. The molecule has 1 saturated heterocycles. The third-order valence-corrected chi connectivity index (χ3v) is 9.41. The molecule has 1 fully saturated rings. The molecule has 0 bridgehead atoms. The molecule has 300 valence electrons. The number of aliphatic carboxylic acids is 3. The molecule has 1 aromatic rings. The minimum Gasteiger partial charge on any atom is -0.480 e. The molecule has 6 N–H and O–H groups in total. The number of carboxylic acids is 3. The third kappa shape index (κ3) is 18.7. The predicted molar refractivity (Wildman–Crippen MR) is 203 cm³/mol.